The Bertz CT molecular complexity index is 702. The zero-order valence-corrected chi connectivity index (χ0v) is 14.0. The molecule has 0 bridgehead atoms. The quantitative estimate of drug-likeness (QED) is 0.863. The summed E-state index contributed by atoms with van der Waals surface area (Å²) < 4.78 is 0. The number of hydrogen-bond donors (Lipinski definition) is 0. The maximum Gasteiger partial charge on any atom is 0.224 e. The molecule has 2 aliphatic heterocycles. The molecule has 4 rings (SSSR count). The smallest absolute Gasteiger partial charge is 0.224 e. The number of thiazole rings is 1. The van der Waals surface area contributed by atoms with Crippen LogP contribution in [0.5, 0.6) is 0 Å². The maximum absolute atomic E-state index is 12.5. The number of nitrogens with zero attached hydrogens (tertiary/aromatic N) is 4. The third-order valence-corrected chi connectivity index (χ3v) is 5.66. The number of aryl methyl sites for hydroxylation is 1. The van der Waals surface area contributed by atoms with E-state index in [2.05, 4.69) is 26.3 Å². The molecule has 2 aliphatic rings. The second-order valence-corrected chi connectivity index (χ2v) is 7.40. The molecule has 0 saturated carbocycles. The fourth-order valence-corrected chi connectivity index (χ4v) is 4.40. The summed E-state index contributed by atoms with van der Waals surface area (Å²) in [5.74, 6) is 0.265. The van der Waals surface area contributed by atoms with Gasteiger partial charge in [0.15, 0.2) is 0 Å². The average molecular weight is 328 g/mol. The molecule has 23 heavy (non-hydrogen) atoms. The van der Waals surface area contributed by atoms with Crippen molar-refractivity contribution in [3.63, 3.8) is 0 Å². The Labute approximate surface area is 140 Å². The first-order valence-electron chi connectivity index (χ1n) is 8.04. The molecule has 0 aliphatic carbocycles. The zero-order chi connectivity index (χ0) is 15.8. The number of carbonyl (C=O) groups is 1. The molecule has 0 radical (unpaired) electrons. The van der Waals surface area contributed by atoms with E-state index in [1.165, 1.54) is 5.56 Å². The third-order valence-electron chi connectivity index (χ3n) is 4.84. The molecular weight excluding hydrogens is 308 g/mol. The van der Waals surface area contributed by atoms with Crippen LogP contribution in [0.3, 0.4) is 0 Å². The van der Waals surface area contributed by atoms with Gasteiger partial charge in [-0.3, -0.25) is 14.7 Å². The molecule has 6 heteroatoms. The summed E-state index contributed by atoms with van der Waals surface area (Å²) in [6.45, 7) is 4.59. The lowest BCUT2D eigenvalue weighted by molar-refractivity contribution is -0.129. The van der Waals surface area contributed by atoms with E-state index in [1.807, 2.05) is 24.1 Å². The van der Waals surface area contributed by atoms with Crippen molar-refractivity contribution in [1.29, 1.82) is 0 Å². The summed E-state index contributed by atoms with van der Waals surface area (Å²) in [5, 5.41) is 3.13. The average Bonchev–Trinajstić information content (AvgIpc) is 3.21. The van der Waals surface area contributed by atoms with Crippen LogP contribution < -0.4 is 0 Å². The van der Waals surface area contributed by atoms with Gasteiger partial charge in [-0.15, -0.1) is 11.3 Å². The van der Waals surface area contributed by atoms with Gasteiger partial charge in [0.2, 0.25) is 5.91 Å². The van der Waals surface area contributed by atoms with E-state index in [-0.39, 0.29) is 5.91 Å². The molecule has 1 amide bonds. The Morgan fingerprint density at radius 1 is 1.35 bits per heavy atom. The largest absolute Gasteiger partial charge is 0.332 e. The van der Waals surface area contributed by atoms with E-state index in [9.17, 15) is 4.79 Å². The lowest BCUT2D eigenvalue weighted by atomic mass is 10.1. The minimum Gasteiger partial charge on any atom is -0.332 e. The van der Waals surface area contributed by atoms with Gasteiger partial charge in [0.1, 0.15) is 0 Å². The van der Waals surface area contributed by atoms with Crippen LogP contribution in [0.1, 0.15) is 29.1 Å². The highest BCUT2D eigenvalue weighted by Gasteiger charge is 2.46. The Hall–Kier alpha value is -1.79. The summed E-state index contributed by atoms with van der Waals surface area (Å²) in [6, 6.07) is 4.75. The standard InChI is InChI=1S/C17H20N4OS/c1-12-19-14(11-23-12)10-21-15-4-6-20(16(15)7-17(21)22)9-13-3-2-5-18-8-13/h2-3,5,8,11,15-16H,4,6-7,9-10H2,1H3/t15-,16-/m0/s1. The molecule has 2 aromatic rings. The van der Waals surface area contributed by atoms with E-state index in [4.69, 9.17) is 0 Å². The minimum atomic E-state index is 0.265. The number of carbonyl (C=O) groups excluding carboxylic acids is 1. The highest BCUT2D eigenvalue weighted by Crippen LogP contribution is 2.34. The Morgan fingerprint density at radius 3 is 3.00 bits per heavy atom. The molecule has 2 saturated heterocycles. The highest BCUT2D eigenvalue weighted by molar-refractivity contribution is 7.09. The second kappa shape index (κ2) is 6.02. The van der Waals surface area contributed by atoms with Crippen LogP contribution in [0.25, 0.3) is 0 Å². The summed E-state index contributed by atoms with van der Waals surface area (Å²) >= 11 is 1.65. The van der Waals surface area contributed by atoms with Crippen LogP contribution in [0.4, 0.5) is 0 Å². The molecule has 0 unspecified atom stereocenters. The van der Waals surface area contributed by atoms with Crippen LogP contribution >= 0.6 is 11.3 Å². The fraction of sp³-hybridized carbons (Fsp3) is 0.471. The monoisotopic (exact) mass is 328 g/mol. The molecule has 0 N–H and O–H groups in total. The Kier molecular flexibility index (Phi) is 3.87. The van der Waals surface area contributed by atoms with Crippen molar-refractivity contribution >= 4 is 17.2 Å². The SMILES string of the molecule is Cc1nc(CN2C(=O)C[C@H]3[C@@H]2CCN3Cc2cccnc2)cs1. The molecular formula is C17H20N4OS. The molecule has 2 atom stereocenters. The summed E-state index contributed by atoms with van der Waals surface area (Å²) in [6.07, 6.45) is 5.40. The van der Waals surface area contributed by atoms with E-state index in [0.717, 1.165) is 30.2 Å². The Morgan fingerprint density at radius 2 is 2.26 bits per heavy atom. The number of pyridine rings is 1. The van der Waals surface area contributed by atoms with Gasteiger partial charge in [-0.25, -0.2) is 4.98 Å². The van der Waals surface area contributed by atoms with Crippen LogP contribution in [0, 0.1) is 6.92 Å². The van der Waals surface area contributed by atoms with Gasteiger partial charge >= 0.3 is 0 Å². The minimum absolute atomic E-state index is 0.265. The van der Waals surface area contributed by atoms with Crippen molar-refractivity contribution in [2.24, 2.45) is 0 Å². The number of fused-ring (bicyclic) bond motifs is 1. The van der Waals surface area contributed by atoms with Crippen LogP contribution in [0.15, 0.2) is 29.9 Å². The molecule has 0 spiro atoms. The maximum atomic E-state index is 12.5. The number of rotatable bonds is 4. The lowest BCUT2D eigenvalue weighted by Gasteiger charge is -2.25. The van der Waals surface area contributed by atoms with Crippen LogP contribution in [0.2, 0.25) is 0 Å². The van der Waals surface area contributed by atoms with Crippen molar-refractivity contribution in [2.75, 3.05) is 6.54 Å². The predicted molar refractivity (Wildman–Crippen MR) is 88.9 cm³/mol. The summed E-state index contributed by atoms with van der Waals surface area (Å²) in [5.41, 5.74) is 2.24. The van der Waals surface area contributed by atoms with Crippen molar-refractivity contribution in [3.05, 3.63) is 46.2 Å². The van der Waals surface area contributed by atoms with E-state index >= 15 is 0 Å². The Balaban J connectivity index is 1.46. The molecule has 120 valence electrons. The number of amides is 1. The number of aromatic nitrogens is 2. The van der Waals surface area contributed by atoms with E-state index in [0.29, 0.717) is 25.0 Å². The lowest BCUT2D eigenvalue weighted by Crippen LogP contribution is -2.36. The molecule has 2 fully saturated rings. The van der Waals surface area contributed by atoms with Crippen molar-refractivity contribution in [2.45, 2.75) is 44.9 Å². The van der Waals surface area contributed by atoms with E-state index < -0.39 is 0 Å². The van der Waals surface area contributed by atoms with Crippen molar-refractivity contribution in [3.8, 4) is 0 Å². The molecule has 0 aromatic carbocycles. The normalized spacial score (nSPS) is 24.4. The van der Waals surface area contributed by atoms with Gasteiger partial charge < -0.3 is 4.90 Å². The van der Waals surface area contributed by atoms with Crippen LogP contribution in [-0.4, -0.2) is 44.3 Å². The predicted octanol–water partition coefficient (Wildman–Crippen LogP) is 2.22. The van der Waals surface area contributed by atoms with Gasteiger partial charge in [0.25, 0.3) is 0 Å². The number of likely N-dealkylation sites (tertiary alicyclic amines) is 2. The van der Waals surface area contributed by atoms with Gasteiger partial charge in [0, 0.05) is 49.4 Å². The molecule has 2 aromatic heterocycles. The fourth-order valence-electron chi connectivity index (χ4n) is 3.79. The first-order valence-corrected chi connectivity index (χ1v) is 8.92. The first kappa shape index (κ1) is 14.8. The first-order chi connectivity index (χ1) is 11.2. The van der Waals surface area contributed by atoms with Gasteiger partial charge in [-0.1, -0.05) is 6.07 Å². The van der Waals surface area contributed by atoms with Gasteiger partial charge in [-0.2, -0.15) is 0 Å². The second-order valence-electron chi connectivity index (χ2n) is 6.34. The zero-order valence-electron chi connectivity index (χ0n) is 13.2. The molecule has 4 heterocycles. The highest BCUT2D eigenvalue weighted by atomic mass is 32.1. The van der Waals surface area contributed by atoms with E-state index in [1.54, 1.807) is 17.5 Å². The van der Waals surface area contributed by atoms with Gasteiger partial charge in [0.05, 0.1) is 17.2 Å². The van der Waals surface area contributed by atoms with Gasteiger partial charge in [-0.05, 0) is 25.0 Å². The number of hydrogen-bond acceptors (Lipinski definition) is 5. The summed E-state index contributed by atoms with van der Waals surface area (Å²) in [7, 11) is 0. The third kappa shape index (κ3) is 2.88. The topological polar surface area (TPSA) is 49.3 Å². The van der Waals surface area contributed by atoms with Crippen molar-refractivity contribution in [1.82, 2.24) is 19.8 Å². The summed E-state index contributed by atoms with van der Waals surface area (Å²) in [4.78, 5) is 25.6. The van der Waals surface area contributed by atoms with Crippen molar-refractivity contribution < 1.29 is 4.79 Å². The molecule has 5 nitrogen and oxygen atoms in total. The van der Waals surface area contributed by atoms with Crippen LogP contribution in [-0.2, 0) is 17.9 Å².